The van der Waals surface area contributed by atoms with Crippen molar-refractivity contribution < 1.29 is 4.42 Å². The number of nitrogens with zero attached hydrogens (tertiary/aromatic N) is 1. The van der Waals surface area contributed by atoms with Gasteiger partial charge >= 0.3 is 0 Å². The van der Waals surface area contributed by atoms with Gasteiger partial charge in [0, 0.05) is 12.8 Å². The Bertz CT molecular complexity index is 445. The van der Waals surface area contributed by atoms with Crippen LogP contribution in [0.3, 0.4) is 0 Å². The van der Waals surface area contributed by atoms with Crippen LogP contribution in [0.1, 0.15) is 29.7 Å². The molecule has 2 rings (SSSR count). The third kappa shape index (κ3) is 2.46. The molecule has 0 radical (unpaired) electrons. The van der Waals surface area contributed by atoms with Gasteiger partial charge in [-0.1, -0.05) is 36.8 Å². The highest BCUT2D eigenvalue weighted by Crippen LogP contribution is 2.11. The predicted octanol–water partition coefficient (Wildman–Crippen LogP) is 3.14. The zero-order chi connectivity index (χ0) is 10.7. The Labute approximate surface area is 90.0 Å². The van der Waals surface area contributed by atoms with Crippen molar-refractivity contribution in [1.29, 1.82) is 0 Å². The second kappa shape index (κ2) is 4.30. The van der Waals surface area contributed by atoms with Gasteiger partial charge in [-0.3, -0.25) is 0 Å². The average Bonchev–Trinajstić information content (AvgIpc) is 2.65. The Morgan fingerprint density at radius 3 is 2.87 bits per heavy atom. The Morgan fingerprint density at radius 1 is 1.33 bits per heavy atom. The van der Waals surface area contributed by atoms with E-state index in [9.17, 15) is 0 Å². The molecule has 0 aliphatic heterocycles. The maximum atomic E-state index is 5.57. The molecule has 0 N–H and O–H groups in total. The van der Waals surface area contributed by atoms with Crippen molar-refractivity contribution >= 4 is 0 Å². The summed E-state index contributed by atoms with van der Waals surface area (Å²) in [6, 6.07) is 8.42. The van der Waals surface area contributed by atoms with Crippen LogP contribution in [-0.2, 0) is 12.8 Å². The first-order valence-electron chi connectivity index (χ1n) is 5.27. The van der Waals surface area contributed by atoms with Gasteiger partial charge in [0.25, 0.3) is 0 Å². The second-order valence-electron chi connectivity index (χ2n) is 3.74. The van der Waals surface area contributed by atoms with Gasteiger partial charge in [-0.15, -0.1) is 0 Å². The lowest BCUT2D eigenvalue weighted by Crippen LogP contribution is -1.88. The number of hydrogen-bond donors (Lipinski definition) is 0. The van der Waals surface area contributed by atoms with Crippen LogP contribution in [0.25, 0.3) is 0 Å². The fourth-order valence-corrected chi connectivity index (χ4v) is 1.59. The normalized spacial score (nSPS) is 10.5. The third-order valence-corrected chi connectivity index (χ3v) is 2.39. The van der Waals surface area contributed by atoms with E-state index in [0.717, 1.165) is 24.5 Å². The summed E-state index contributed by atoms with van der Waals surface area (Å²) in [5.41, 5.74) is 2.52. The topological polar surface area (TPSA) is 26.0 Å². The molecule has 2 aromatic rings. The van der Waals surface area contributed by atoms with Gasteiger partial charge in [0.15, 0.2) is 5.89 Å². The largest absolute Gasteiger partial charge is 0.445 e. The highest BCUT2D eigenvalue weighted by atomic mass is 16.4. The first-order valence-corrected chi connectivity index (χ1v) is 5.27. The van der Waals surface area contributed by atoms with Crippen molar-refractivity contribution in [3.8, 4) is 0 Å². The summed E-state index contributed by atoms with van der Waals surface area (Å²) in [5, 5.41) is 0. The minimum atomic E-state index is 0.779. The summed E-state index contributed by atoms with van der Waals surface area (Å²) < 4.78 is 5.57. The Balaban J connectivity index is 2.14. The van der Waals surface area contributed by atoms with Crippen molar-refractivity contribution in [3.05, 3.63) is 53.2 Å². The summed E-state index contributed by atoms with van der Waals surface area (Å²) in [6.07, 6.45) is 3.49. The van der Waals surface area contributed by atoms with Gasteiger partial charge in [0.05, 0.1) is 6.20 Å². The summed E-state index contributed by atoms with van der Waals surface area (Å²) in [6.45, 7) is 4.16. The van der Waals surface area contributed by atoms with Crippen LogP contribution >= 0.6 is 0 Å². The molecule has 0 saturated heterocycles. The number of benzene rings is 1. The first kappa shape index (κ1) is 9.97. The smallest absolute Gasteiger partial charge is 0.198 e. The quantitative estimate of drug-likeness (QED) is 0.762. The zero-order valence-corrected chi connectivity index (χ0v) is 9.16. The van der Waals surface area contributed by atoms with Crippen molar-refractivity contribution in [3.63, 3.8) is 0 Å². The van der Waals surface area contributed by atoms with E-state index in [1.54, 1.807) is 0 Å². The number of aryl methyl sites for hydroxylation is 2. The molecule has 0 saturated carbocycles. The SMILES string of the molecule is CCc1cnc(Cc2cccc(C)c2)o1. The van der Waals surface area contributed by atoms with Crippen LogP contribution in [0, 0.1) is 6.92 Å². The summed E-state index contributed by atoms with van der Waals surface area (Å²) in [4.78, 5) is 4.25. The van der Waals surface area contributed by atoms with E-state index in [1.807, 2.05) is 6.20 Å². The minimum absolute atomic E-state index is 0.779. The van der Waals surface area contributed by atoms with Crippen molar-refractivity contribution in [2.75, 3.05) is 0 Å². The molecule has 2 nitrogen and oxygen atoms in total. The predicted molar refractivity (Wildman–Crippen MR) is 59.9 cm³/mol. The number of rotatable bonds is 3. The van der Waals surface area contributed by atoms with E-state index in [0.29, 0.717) is 0 Å². The van der Waals surface area contributed by atoms with E-state index in [2.05, 4.69) is 43.1 Å². The first-order chi connectivity index (χ1) is 7.28. The van der Waals surface area contributed by atoms with Crippen molar-refractivity contribution in [2.24, 2.45) is 0 Å². The van der Waals surface area contributed by atoms with Gasteiger partial charge in [0.1, 0.15) is 5.76 Å². The molecular formula is C13H15NO. The van der Waals surface area contributed by atoms with Crippen LogP contribution in [0.5, 0.6) is 0 Å². The molecule has 0 amide bonds. The van der Waals surface area contributed by atoms with Gasteiger partial charge in [-0.25, -0.2) is 4.98 Å². The van der Waals surface area contributed by atoms with E-state index >= 15 is 0 Å². The summed E-state index contributed by atoms with van der Waals surface area (Å²) >= 11 is 0. The molecule has 1 heterocycles. The number of hydrogen-bond acceptors (Lipinski definition) is 2. The molecule has 78 valence electrons. The fourth-order valence-electron chi connectivity index (χ4n) is 1.59. The average molecular weight is 201 g/mol. The molecule has 0 aliphatic rings. The monoisotopic (exact) mass is 201 g/mol. The summed E-state index contributed by atoms with van der Waals surface area (Å²) in [7, 11) is 0. The molecule has 0 bridgehead atoms. The van der Waals surface area contributed by atoms with Gasteiger partial charge in [-0.2, -0.15) is 0 Å². The second-order valence-corrected chi connectivity index (χ2v) is 3.74. The van der Waals surface area contributed by atoms with Crippen LogP contribution in [-0.4, -0.2) is 4.98 Å². The molecule has 0 spiro atoms. The molecule has 15 heavy (non-hydrogen) atoms. The van der Waals surface area contributed by atoms with Crippen LogP contribution in [0.15, 0.2) is 34.9 Å². The van der Waals surface area contributed by atoms with E-state index in [-0.39, 0.29) is 0 Å². The highest BCUT2D eigenvalue weighted by molar-refractivity contribution is 5.24. The highest BCUT2D eigenvalue weighted by Gasteiger charge is 2.03. The maximum Gasteiger partial charge on any atom is 0.198 e. The van der Waals surface area contributed by atoms with E-state index in [4.69, 9.17) is 4.42 Å². The summed E-state index contributed by atoms with van der Waals surface area (Å²) in [5.74, 6) is 1.76. The van der Waals surface area contributed by atoms with E-state index in [1.165, 1.54) is 11.1 Å². The molecule has 0 aliphatic carbocycles. The Kier molecular flexibility index (Phi) is 2.86. The van der Waals surface area contributed by atoms with Gasteiger partial charge in [0.2, 0.25) is 0 Å². The molecule has 0 fully saturated rings. The molecule has 1 aromatic carbocycles. The van der Waals surface area contributed by atoms with Crippen molar-refractivity contribution in [1.82, 2.24) is 4.98 Å². The zero-order valence-electron chi connectivity index (χ0n) is 9.16. The number of aromatic nitrogens is 1. The lowest BCUT2D eigenvalue weighted by atomic mass is 10.1. The van der Waals surface area contributed by atoms with Gasteiger partial charge < -0.3 is 4.42 Å². The standard InChI is InChI=1S/C13H15NO/c1-3-12-9-14-13(15-12)8-11-6-4-5-10(2)7-11/h4-7,9H,3,8H2,1-2H3. The minimum Gasteiger partial charge on any atom is -0.445 e. The molecule has 0 unspecified atom stereocenters. The van der Waals surface area contributed by atoms with Crippen LogP contribution < -0.4 is 0 Å². The molecular weight excluding hydrogens is 186 g/mol. The molecule has 0 atom stereocenters. The van der Waals surface area contributed by atoms with Crippen LogP contribution in [0.2, 0.25) is 0 Å². The van der Waals surface area contributed by atoms with E-state index < -0.39 is 0 Å². The van der Waals surface area contributed by atoms with Gasteiger partial charge in [-0.05, 0) is 12.5 Å². The molecule has 2 heteroatoms. The van der Waals surface area contributed by atoms with Crippen LogP contribution in [0.4, 0.5) is 0 Å². The Morgan fingerprint density at radius 2 is 2.20 bits per heavy atom. The Hall–Kier alpha value is -1.57. The lowest BCUT2D eigenvalue weighted by molar-refractivity contribution is 0.468. The number of oxazole rings is 1. The molecule has 1 aromatic heterocycles. The fraction of sp³-hybridized carbons (Fsp3) is 0.308. The van der Waals surface area contributed by atoms with Crippen molar-refractivity contribution in [2.45, 2.75) is 26.7 Å². The lowest BCUT2D eigenvalue weighted by Gasteiger charge is -1.98. The third-order valence-electron chi connectivity index (χ3n) is 2.39. The maximum absolute atomic E-state index is 5.57.